The van der Waals surface area contributed by atoms with Crippen LogP contribution in [0.4, 0.5) is 0 Å². The molecule has 14 heavy (non-hydrogen) atoms. The minimum atomic E-state index is 0. The molecule has 1 aromatic rings. The van der Waals surface area contributed by atoms with Gasteiger partial charge in [-0.25, -0.2) is 24.3 Å². The van der Waals surface area contributed by atoms with Gasteiger partial charge >= 0.3 is 19.5 Å². The smallest absolute Gasteiger partial charge is 0.275 e. The van der Waals surface area contributed by atoms with Gasteiger partial charge < -0.3 is 0 Å². The van der Waals surface area contributed by atoms with Gasteiger partial charge in [0, 0.05) is 0 Å². The van der Waals surface area contributed by atoms with E-state index in [-0.39, 0.29) is 19.5 Å². The number of aryl methyl sites for hydroxylation is 1. The fourth-order valence-electron chi connectivity index (χ4n) is 1.11. The Kier molecular flexibility index (Phi) is 8.67. The number of hydrogen-bond acceptors (Lipinski definition) is 0. The standard InChI is InChI=1S/C7H9.C6H7.Ru/c1-2-4-6-7-5-3-1;1-6-4-2-3-5-6;/h1-3H,4,6-7H2;2-5H,1H3;/q2*-1;+2. The molecule has 0 saturated carbocycles. The molecule has 0 atom stereocenters. The second-order valence-corrected chi connectivity index (χ2v) is 3.15. The first-order valence-electron chi connectivity index (χ1n) is 4.79. The fourth-order valence-corrected chi connectivity index (χ4v) is 1.11. The van der Waals surface area contributed by atoms with Crippen molar-refractivity contribution in [2.75, 3.05) is 0 Å². The summed E-state index contributed by atoms with van der Waals surface area (Å²) in [7, 11) is 0. The third-order valence-electron chi connectivity index (χ3n) is 1.87. The van der Waals surface area contributed by atoms with Crippen molar-refractivity contribution in [1.82, 2.24) is 0 Å². The van der Waals surface area contributed by atoms with E-state index in [1.807, 2.05) is 18.2 Å². The van der Waals surface area contributed by atoms with Crippen LogP contribution in [0.3, 0.4) is 0 Å². The Morgan fingerprint density at radius 1 is 1.21 bits per heavy atom. The third-order valence-corrected chi connectivity index (χ3v) is 1.87. The van der Waals surface area contributed by atoms with Crippen molar-refractivity contribution >= 4 is 0 Å². The summed E-state index contributed by atoms with van der Waals surface area (Å²) in [5.74, 6) is 0. The fraction of sp³-hybridized carbons (Fsp3) is 0.308. The monoisotopic (exact) mass is 274 g/mol. The number of rotatable bonds is 0. The van der Waals surface area contributed by atoms with Crippen LogP contribution in [0.2, 0.25) is 0 Å². The van der Waals surface area contributed by atoms with Gasteiger partial charge in [0.05, 0.1) is 0 Å². The Labute approximate surface area is 99.8 Å². The summed E-state index contributed by atoms with van der Waals surface area (Å²) in [4.78, 5) is 0. The first-order valence-corrected chi connectivity index (χ1v) is 4.79. The number of allylic oxidation sites excluding steroid dienone is 4. The summed E-state index contributed by atoms with van der Waals surface area (Å²) >= 11 is 0. The summed E-state index contributed by atoms with van der Waals surface area (Å²) in [6, 6.07) is 8.24. The maximum Gasteiger partial charge on any atom is 2.00 e. The Morgan fingerprint density at radius 3 is 2.50 bits per heavy atom. The van der Waals surface area contributed by atoms with E-state index in [0.717, 1.165) is 6.42 Å². The van der Waals surface area contributed by atoms with E-state index in [2.05, 4.69) is 37.3 Å². The maximum atomic E-state index is 3.14. The van der Waals surface area contributed by atoms with Crippen molar-refractivity contribution in [3.05, 3.63) is 54.1 Å². The predicted octanol–water partition coefficient (Wildman–Crippen LogP) is 3.80. The number of hydrogen-bond donors (Lipinski definition) is 0. The van der Waals surface area contributed by atoms with Crippen molar-refractivity contribution in [3.8, 4) is 0 Å². The van der Waals surface area contributed by atoms with Gasteiger partial charge in [0.1, 0.15) is 0 Å². The average molecular weight is 273 g/mol. The molecule has 0 nitrogen and oxygen atoms in total. The van der Waals surface area contributed by atoms with E-state index < -0.39 is 0 Å². The molecule has 1 aliphatic carbocycles. The molecule has 0 amide bonds. The van der Waals surface area contributed by atoms with Gasteiger partial charge in [-0.1, -0.05) is 19.8 Å². The zero-order valence-electron chi connectivity index (χ0n) is 8.52. The van der Waals surface area contributed by atoms with Crippen LogP contribution in [0.25, 0.3) is 0 Å². The molecule has 0 saturated heterocycles. The van der Waals surface area contributed by atoms with Gasteiger partial charge in [0.25, 0.3) is 0 Å². The topological polar surface area (TPSA) is 0 Å². The second kappa shape index (κ2) is 9.03. The molecular weight excluding hydrogens is 257 g/mol. The van der Waals surface area contributed by atoms with E-state index in [1.165, 1.54) is 18.4 Å². The molecule has 0 aromatic heterocycles. The van der Waals surface area contributed by atoms with Crippen molar-refractivity contribution in [3.63, 3.8) is 0 Å². The molecule has 76 valence electrons. The van der Waals surface area contributed by atoms with Gasteiger partial charge in [0.2, 0.25) is 0 Å². The molecule has 0 aliphatic heterocycles. The van der Waals surface area contributed by atoms with Gasteiger partial charge in [0.15, 0.2) is 0 Å². The van der Waals surface area contributed by atoms with Crippen LogP contribution in [-0.2, 0) is 19.5 Å². The summed E-state index contributed by atoms with van der Waals surface area (Å²) in [5, 5.41) is 0. The summed E-state index contributed by atoms with van der Waals surface area (Å²) in [5.41, 5.74) is 1.34. The predicted molar refractivity (Wildman–Crippen MR) is 57.6 cm³/mol. The Morgan fingerprint density at radius 2 is 1.93 bits per heavy atom. The van der Waals surface area contributed by atoms with Crippen LogP contribution in [0.1, 0.15) is 24.8 Å². The van der Waals surface area contributed by atoms with Crippen LogP contribution in [-0.4, -0.2) is 0 Å². The third kappa shape index (κ3) is 6.91. The summed E-state index contributed by atoms with van der Waals surface area (Å²) in [6.07, 6.45) is 13.0. The zero-order chi connectivity index (χ0) is 9.36. The van der Waals surface area contributed by atoms with E-state index in [4.69, 9.17) is 0 Å². The average Bonchev–Trinajstić information content (AvgIpc) is 2.48. The van der Waals surface area contributed by atoms with E-state index >= 15 is 0 Å². The summed E-state index contributed by atoms with van der Waals surface area (Å²) in [6.45, 7) is 2.08. The van der Waals surface area contributed by atoms with Crippen LogP contribution < -0.4 is 0 Å². The van der Waals surface area contributed by atoms with Crippen molar-refractivity contribution in [2.45, 2.75) is 26.2 Å². The molecule has 2 rings (SSSR count). The molecule has 0 N–H and O–H groups in total. The largest absolute Gasteiger partial charge is 2.00 e. The zero-order valence-corrected chi connectivity index (χ0v) is 10.3. The minimum absolute atomic E-state index is 0. The van der Waals surface area contributed by atoms with Crippen LogP contribution in [0.15, 0.2) is 42.5 Å². The summed E-state index contributed by atoms with van der Waals surface area (Å²) < 4.78 is 0. The molecule has 0 fully saturated rings. The van der Waals surface area contributed by atoms with Crippen molar-refractivity contribution in [2.24, 2.45) is 0 Å². The Balaban J connectivity index is 0.000000227. The minimum Gasteiger partial charge on any atom is -0.275 e. The Hall–Kier alpha value is -0.547. The normalized spacial score (nSPS) is 13.5. The second-order valence-electron chi connectivity index (χ2n) is 3.15. The first kappa shape index (κ1) is 13.5. The Bertz CT molecular complexity index is 243. The molecule has 0 unspecified atom stereocenters. The maximum absolute atomic E-state index is 3.14. The van der Waals surface area contributed by atoms with Gasteiger partial charge in [-0.05, 0) is 0 Å². The van der Waals surface area contributed by atoms with E-state index in [0.29, 0.717) is 0 Å². The van der Waals surface area contributed by atoms with Gasteiger partial charge in [-0.2, -0.15) is 23.8 Å². The van der Waals surface area contributed by atoms with E-state index in [1.54, 1.807) is 0 Å². The SMILES string of the molecule is C[c-]1cccc1.[C-]1=CC=CCCC1.[Ru+2]. The van der Waals surface area contributed by atoms with Crippen LogP contribution in [0, 0.1) is 13.0 Å². The molecule has 0 radical (unpaired) electrons. The van der Waals surface area contributed by atoms with Gasteiger partial charge in [-0.3, -0.25) is 6.08 Å². The molecule has 1 aliphatic rings. The van der Waals surface area contributed by atoms with Crippen LogP contribution >= 0.6 is 0 Å². The quantitative estimate of drug-likeness (QED) is 0.498. The molecular formula is C13H16Ru. The van der Waals surface area contributed by atoms with E-state index in [9.17, 15) is 0 Å². The molecule has 1 aromatic carbocycles. The van der Waals surface area contributed by atoms with Gasteiger partial charge in [-0.15, -0.1) is 6.42 Å². The molecule has 0 spiro atoms. The molecule has 0 bridgehead atoms. The molecule has 1 heteroatoms. The first-order chi connectivity index (χ1) is 6.39. The van der Waals surface area contributed by atoms with Crippen LogP contribution in [0.5, 0.6) is 0 Å². The van der Waals surface area contributed by atoms with Crippen molar-refractivity contribution < 1.29 is 19.5 Å². The van der Waals surface area contributed by atoms with Crippen molar-refractivity contribution in [1.29, 1.82) is 0 Å². The molecule has 0 heterocycles.